The summed E-state index contributed by atoms with van der Waals surface area (Å²) >= 11 is 0. The van der Waals surface area contributed by atoms with Gasteiger partial charge in [0.15, 0.2) is 0 Å². The largest absolute Gasteiger partial charge is 0.481 e. The highest BCUT2D eigenvalue weighted by Crippen LogP contribution is 2.30. The minimum atomic E-state index is -0.817. The SMILES string of the molecule is CC1CC(c2nnc(CC(C)(C)CC(=O)O)o2)CO1. The van der Waals surface area contributed by atoms with E-state index in [1.165, 1.54) is 0 Å². The van der Waals surface area contributed by atoms with Crippen LogP contribution in [0.4, 0.5) is 0 Å². The van der Waals surface area contributed by atoms with E-state index in [1.54, 1.807) is 0 Å². The highest BCUT2D eigenvalue weighted by molar-refractivity contribution is 5.67. The Morgan fingerprint density at radius 3 is 2.79 bits per heavy atom. The van der Waals surface area contributed by atoms with Crippen LogP contribution >= 0.6 is 0 Å². The van der Waals surface area contributed by atoms with Crippen molar-refractivity contribution in [2.24, 2.45) is 5.41 Å². The molecule has 0 bridgehead atoms. The molecule has 0 amide bonds. The molecule has 2 unspecified atom stereocenters. The number of ether oxygens (including phenoxy) is 1. The zero-order valence-electron chi connectivity index (χ0n) is 11.5. The summed E-state index contributed by atoms with van der Waals surface area (Å²) in [6.07, 6.45) is 1.66. The Bertz CT molecular complexity index is 455. The van der Waals surface area contributed by atoms with Crippen LogP contribution in [0.1, 0.15) is 51.3 Å². The van der Waals surface area contributed by atoms with Crippen LogP contribution in [-0.4, -0.2) is 34.0 Å². The van der Waals surface area contributed by atoms with Crippen molar-refractivity contribution in [2.75, 3.05) is 6.61 Å². The fraction of sp³-hybridized carbons (Fsp3) is 0.769. The van der Waals surface area contributed by atoms with Gasteiger partial charge < -0.3 is 14.3 Å². The smallest absolute Gasteiger partial charge is 0.303 e. The first-order valence-electron chi connectivity index (χ1n) is 6.51. The van der Waals surface area contributed by atoms with Crippen molar-refractivity contribution in [3.63, 3.8) is 0 Å². The van der Waals surface area contributed by atoms with Crippen LogP contribution in [0.2, 0.25) is 0 Å². The predicted octanol–water partition coefficient (Wildman–Crippen LogP) is 2.01. The standard InChI is InChI=1S/C13H20N2O4/c1-8-4-9(7-18-8)12-15-14-10(19-12)5-13(2,3)6-11(16)17/h8-9H,4-7H2,1-3H3,(H,16,17). The van der Waals surface area contributed by atoms with Gasteiger partial charge in [-0.05, 0) is 18.8 Å². The van der Waals surface area contributed by atoms with E-state index >= 15 is 0 Å². The van der Waals surface area contributed by atoms with Crippen molar-refractivity contribution in [1.29, 1.82) is 0 Å². The lowest BCUT2D eigenvalue weighted by Gasteiger charge is -2.19. The molecule has 1 aliphatic rings. The van der Waals surface area contributed by atoms with E-state index in [9.17, 15) is 4.79 Å². The van der Waals surface area contributed by atoms with Gasteiger partial charge in [0.2, 0.25) is 11.8 Å². The Labute approximate surface area is 112 Å². The minimum absolute atomic E-state index is 0.0777. The van der Waals surface area contributed by atoms with Crippen molar-refractivity contribution < 1.29 is 19.1 Å². The number of hydrogen-bond donors (Lipinski definition) is 1. The fourth-order valence-electron chi connectivity index (χ4n) is 2.37. The molecule has 1 N–H and O–H groups in total. The number of aliphatic carboxylic acids is 1. The molecule has 1 fully saturated rings. The van der Waals surface area contributed by atoms with Gasteiger partial charge in [-0.3, -0.25) is 4.79 Å². The van der Waals surface area contributed by atoms with Crippen LogP contribution in [0.25, 0.3) is 0 Å². The Morgan fingerprint density at radius 2 is 2.21 bits per heavy atom. The molecule has 1 aromatic rings. The molecule has 106 valence electrons. The second-order valence-electron chi connectivity index (χ2n) is 6.02. The topological polar surface area (TPSA) is 85.5 Å². The van der Waals surface area contributed by atoms with E-state index in [4.69, 9.17) is 14.3 Å². The Balaban J connectivity index is 1.99. The third-order valence-corrected chi connectivity index (χ3v) is 3.29. The van der Waals surface area contributed by atoms with Crippen molar-refractivity contribution in [3.8, 4) is 0 Å². The van der Waals surface area contributed by atoms with E-state index in [0.29, 0.717) is 24.8 Å². The van der Waals surface area contributed by atoms with Gasteiger partial charge in [0.25, 0.3) is 0 Å². The van der Waals surface area contributed by atoms with E-state index in [2.05, 4.69) is 10.2 Å². The lowest BCUT2D eigenvalue weighted by molar-refractivity contribution is -0.139. The molecule has 2 rings (SSSR count). The van der Waals surface area contributed by atoms with Gasteiger partial charge in [-0.15, -0.1) is 10.2 Å². The molecule has 0 spiro atoms. The minimum Gasteiger partial charge on any atom is -0.481 e. The van der Waals surface area contributed by atoms with Gasteiger partial charge in [-0.1, -0.05) is 13.8 Å². The maximum absolute atomic E-state index is 10.8. The van der Waals surface area contributed by atoms with Gasteiger partial charge in [0, 0.05) is 6.42 Å². The van der Waals surface area contributed by atoms with E-state index in [1.807, 2.05) is 20.8 Å². The maximum Gasteiger partial charge on any atom is 0.303 e. The molecule has 0 radical (unpaired) electrons. The summed E-state index contributed by atoms with van der Waals surface area (Å²) in [4.78, 5) is 10.8. The molecule has 0 aromatic carbocycles. The quantitative estimate of drug-likeness (QED) is 0.879. The lowest BCUT2D eigenvalue weighted by Crippen LogP contribution is -2.19. The fourth-order valence-corrected chi connectivity index (χ4v) is 2.37. The average Bonchev–Trinajstić information content (AvgIpc) is 2.84. The first-order chi connectivity index (χ1) is 8.85. The normalized spacial score (nSPS) is 23.7. The van der Waals surface area contributed by atoms with Crippen LogP contribution in [0.3, 0.4) is 0 Å². The van der Waals surface area contributed by atoms with Crippen LogP contribution in [0.15, 0.2) is 4.42 Å². The second kappa shape index (κ2) is 5.28. The van der Waals surface area contributed by atoms with E-state index in [0.717, 1.165) is 6.42 Å². The third-order valence-electron chi connectivity index (χ3n) is 3.29. The number of carbonyl (C=O) groups is 1. The molecule has 1 aliphatic heterocycles. The molecule has 1 saturated heterocycles. The van der Waals surface area contributed by atoms with Gasteiger partial charge >= 0.3 is 5.97 Å². The van der Waals surface area contributed by atoms with Crippen molar-refractivity contribution in [2.45, 2.75) is 52.1 Å². The van der Waals surface area contributed by atoms with Crippen LogP contribution in [0, 0.1) is 5.41 Å². The van der Waals surface area contributed by atoms with Gasteiger partial charge in [-0.2, -0.15) is 0 Å². The van der Waals surface area contributed by atoms with Crippen molar-refractivity contribution in [3.05, 3.63) is 11.8 Å². The van der Waals surface area contributed by atoms with Crippen LogP contribution < -0.4 is 0 Å². The summed E-state index contributed by atoms with van der Waals surface area (Å²) in [5, 5.41) is 16.9. The number of carboxylic acids is 1. The number of carboxylic acid groups (broad SMARTS) is 1. The van der Waals surface area contributed by atoms with Gasteiger partial charge in [0.05, 0.1) is 25.0 Å². The van der Waals surface area contributed by atoms with Crippen LogP contribution in [-0.2, 0) is 16.0 Å². The lowest BCUT2D eigenvalue weighted by atomic mass is 9.86. The molecule has 0 aliphatic carbocycles. The Hall–Kier alpha value is -1.43. The maximum atomic E-state index is 10.8. The van der Waals surface area contributed by atoms with E-state index < -0.39 is 11.4 Å². The summed E-state index contributed by atoms with van der Waals surface area (Å²) in [6.45, 7) is 6.39. The molecule has 19 heavy (non-hydrogen) atoms. The summed E-state index contributed by atoms with van der Waals surface area (Å²) in [6, 6.07) is 0. The number of aromatic nitrogens is 2. The first kappa shape index (κ1) is 14.0. The molecule has 1 aromatic heterocycles. The Kier molecular flexibility index (Phi) is 3.89. The molecule has 6 nitrogen and oxygen atoms in total. The average molecular weight is 268 g/mol. The molecular formula is C13H20N2O4. The summed E-state index contributed by atoms with van der Waals surface area (Å²) in [5.41, 5.74) is -0.394. The molecular weight excluding hydrogens is 248 g/mol. The third kappa shape index (κ3) is 3.76. The molecule has 6 heteroatoms. The second-order valence-corrected chi connectivity index (χ2v) is 6.02. The summed E-state index contributed by atoms with van der Waals surface area (Å²) in [5.74, 6) is 0.452. The van der Waals surface area contributed by atoms with E-state index in [-0.39, 0.29) is 18.4 Å². The molecule has 0 saturated carbocycles. The molecule has 2 atom stereocenters. The van der Waals surface area contributed by atoms with Crippen molar-refractivity contribution >= 4 is 5.97 Å². The number of nitrogens with zero attached hydrogens (tertiary/aromatic N) is 2. The highest BCUT2D eigenvalue weighted by atomic mass is 16.5. The number of hydrogen-bond acceptors (Lipinski definition) is 5. The predicted molar refractivity (Wildman–Crippen MR) is 66.8 cm³/mol. The van der Waals surface area contributed by atoms with Gasteiger partial charge in [-0.25, -0.2) is 0 Å². The monoisotopic (exact) mass is 268 g/mol. The zero-order valence-corrected chi connectivity index (χ0v) is 11.5. The first-order valence-corrected chi connectivity index (χ1v) is 6.51. The highest BCUT2D eigenvalue weighted by Gasteiger charge is 2.30. The molecule has 2 heterocycles. The number of rotatable bonds is 5. The zero-order chi connectivity index (χ0) is 14.0. The summed E-state index contributed by atoms with van der Waals surface area (Å²) in [7, 11) is 0. The van der Waals surface area contributed by atoms with Gasteiger partial charge in [0.1, 0.15) is 0 Å². The van der Waals surface area contributed by atoms with Crippen molar-refractivity contribution in [1.82, 2.24) is 10.2 Å². The van der Waals surface area contributed by atoms with Crippen LogP contribution in [0.5, 0.6) is 0 Å². The Morgan fingerprint density at radius 1 is 1.47 bits per heavy atom. The summed E-state index contributed by atoms with van der Waals surface area (Å²) < 4.78 is 11.1.